The predicted molar refractivity (Wildman–Crippen MR) is 69.9 cm³/mol. The molecule has 4 heteroatoms. The summed E-state index contributed by atoms with van der Waals surface area (Å²) in [7, 11) is 0. The lowest BCUT2D eigenvalue weighted by Gasteiger charge is -2.39. The molecule has 0 aromatic heterocycles. The van der Waals surface area contributed by atoms with E-state index in [0.29, 0.717) is 6.42 Å². The van der Waals surface area contributed by atoms with Crippen LogP contribution in [0.4, 0.5) is 0 Å². The average Bonchev–Trinajstić information content (AvgIpc) is 2.36. The maximum atomic E-state index is 9.80. The van der Waals surface area contributed by atoms with E-state index in [1.165, 1.54) is 0 Å². The Morgan fingerprint density at radius 1 is 1.11 bits per heavy atom. The number of allylic oxidation sites excluding steroid dienone is 4. The van der Waals surface area contributed by atoms with Crippen LogP contribution in [-0.4, -0.2) is 45.3 Å². The highest BCUT2D eigenvalue weighted by Crippen LogP contribution is 2.31. The SMILES string of the molecule is CCC/C=C/C=C/C1CC(O)C(O)C(O)C1CO. The molecular formula is C14H24O4. The molecular weight excluding hydrogens is 232 g/mol. The summed E-state index contributed by atoms with van der Waals surface area (Å²) in [6, 6.07) is 0. The van der Waals surface area contributed by atoms with Crippen LogP contribution in [0, 0.1) is 11.8 Å². The van der Waals surface area contributed by atoms with E-state index in [1.807, 2.05) is 18.2 Å². The smallest absolute Gasteiger partial charge is 0.106 e. The van der Waals surface area contributed by atoms with Crippen LogP contribution < -0.4 is 0 Å². The van der Waals surface area contributed by atoms with E-state index in [-0.39, 0.29) is 12.5 Å². The van der Waals surface area contributed by atoms with Gasteiger partial charge in [0.25, 0.3) is 0 Å². The lowest BCUT2D eigenvalue weighted by molar-refractivity contribution is -0.131. The van der Waals surface area contributed by atoms with Gasteiger partial charge in [-0.3, -0.25) is 0 Å². The third-order valence-electron chi connectivity index (χ3n) is 3.52. The Morgan fingerprint density at radius 3 is 2.44 bits per heavy atom. The van der Waals surface area contributed by atoms with E-state index in [9.17, 15) is 20.4 Å². The van der Waals surface area contributed by atoms with Gasteiger partial charge in [0.1, 0.15) is 6.10 Å². The van der Waals surface area contributed by atoms with Crippen LogP contribution in [-0.2, 0) is 0 Å². The van der Waals surface area contributed by atoms with Crippen molar-refractivity contribution in [3.05, 3.63) is 24.3 Å². The third kappa shape index (κ3) is 3.92. The fourth-order valence-electron chi connectivity index (χ4n) is 2.34. The van der Waals surface area contributed by atoms with Gasteiger partial charge in [-0.05, 0) is 18.8 Å². The van der Waals surface area contributed by atoms with Crippen molar-refractivity contribution < 1.29 is 20.4 Å². The number of aliphatic hydroxyl groups is 4. The maximum absolute atomic E-state index is 9.80. The molecule has 5 unspecified atom stereocenters. The highest BCUT2D eigenvalue weighted by Gasteiger charge is 2.41. The molecule has 5 atom stereocenters. The molecule has 4 nitrogen and oxygen atoms in total. The van der Waals surface area contributed by atoms with E-state index < -0.39 is 24.2 Å². The first-order chi connectivity index (χ1) is 8.61. The first-order valence-electron chi connectivity index (χ1n) is 6.60. The lowest BCUT2D eigenvalue weighted by Crippen LogP contribution is -2.51. The van der Waals surface area contributed by atoms with E-state index in [1.54, 1.807) is 0 Å². The summed E-state index contributed by atoms with van der Waals surface area (Å²) in [5, 5.41) is 38.3. The number of rotatable bonds is 5. The zero-order valence-corrected chi connectivity index (χ0v) is 10.8. The maximum Gasteiger partial charge on any atom is 0.106 e. The van der Waals surface area contributed by atoms with Gasteiger partial charge in [0.05, 0.1) is 12.2 Å². The lowest BCUT2D eigenvalue weighted by atomic mass is 9.74. The van der Waals surface area contributed by atoms with Crippen molar-refractivity contribution in [3.8, 4) is 0 Å². The molecule has 1 aliphatic rings. The second-order valence-corrected chi connectivity index (χ2v) is 4.90. The molecule has 0 spiro atoms. The van der Waals surface area contributed by atoms with Crippen molar-refractivity contribution in [3.63, 3.8) is 0 Å². The number of hydrogen-bond acceptors (Lipinski definition) is 4. The summed E-state index contributed by atoms with van der Waals surface area (Å²) < 4.78 is 0. The summed E-state index contributed by atoms with van der Waals surface area (Å²) in [6.45, 7) is 1.91. The molecule has 0 radical (unpaired) electrons. The molecule has 0 heterocycles. The van der Waals surface area contributed by atoms with Gasteiger partial charge >= 0.3 is 0 Å². The van der Waals surface area contributed by atoms with Crippen molar-refractivity contribution in [1.29, 1.82) is 0 Å². The van der Waals surface area contributed by atoms with Gasteiger partial charge in [0, 0.05) is 12.5 Å². The van der Waals surface area contributed by atoms with Crippen molar-refractivity contribution >= 4 is 0 Å². The number of aliphatic hydroxyl groups excluding tert-OH is 4. The molecule has 1 aliphatic carbocycles. The molecule has 1 fully saturated rings. The molecule has 0 aromatic carbocycles. The Balaban J connectivity index is 2.62. The zero-order chi connectivity index (χ0) is 13.5. The van der Waals surface area contributed by atoms with Crippen LogP contribution in [0.2, 0.25) is 0 Å². The minimum atomic E-state index is -1.16. The summed E-state index contributed by atoms with van der Waals surface area (Å²) in [5.74, 6) is -0.533. The molecule has 1 saturated carbocycles. The minimum absolute atomic E-state index is 0.116. The van der Waals surface area contributed by atoms with Crippen molar-refractivity contribution in [1.82, 2.24) is 0 Å². The summed E-state index contributed by atoms with van der Waals surface area (Å²) in [4.78, 5) is 0. The summed E-state index contributed by atoms with van der Waals surface area (Å²) >= 11 is 0. The first kappa shape index (κ1) is 15.4. The van der Waals surface area contributed by atoms with E-state index in [0.717, 1.165) is 12.8 Å². The molecule has 0 saturated heterocycles. The quantitative estimate of drug-likeness (QED) is 0.543. The standard InChI is InChI=1S/C14H24O4/c1-2-3-4-5-6-7-10-8-12(16)14(18)13(17)11(10)9-15/h4-7,10-18H,2-3,8-9H2,1H3/b5-4+,7-6+. The fourth-order valence-corrected chi connectivity index (χ4v) is 2.34. The van der Waals surface area contributed by atoms with Gasteiger partial charge < -0.3 is 20.4 Å². The van der Waals surface area contributed by atoms with Crippen LogP contribution in [0.15, 0.2) is 24.3 Å². The molecule has 1 rings (SSSR count). The van der Waals surface area contributed by atoms with Gasteiger partial charge in [0.2, 0.25) is 0 Å². The van der Waals surface area contributed by atoms with Crippen molar-refractivity contribution in [2.45, 2.75) is 44.5 Å². The van der Waals surface area contributed by atoms with Crippen LogP contribution >= 0.6 is 0 Å². The fraction of sp³-hybridized carbons (Fsp3) is 0.714. The Kier molecular flexibility index (Phi) is 6.57. The topological polar surface area (TPSA) is 80.9 Å². The van der Waals surface area contributed by atoms with Gasteiger partial charge in [-0.25, -0.2) is 0 Å². The summed E-state index contributed by atoms with van der Waals surface area (Å²) in [6.07, 6.45) is 7.04. The molecule has 104 valence electrons. The molecule has 0 amide bonds. The van der Waals surface area contributed by atoms with Crippen molar-refractivity contribution in [2.24, 2.45) is 11.8 Å². The van der Waals surface area contributed by atoms with Gasteiger partial charge in [0.15, 0.2) is 0 Å². The second-order valence-electron chi connectivity index (χ2n) is 4.90. The van der Waals surface area contributed by atoms with E-state index in [4.69, 9.17) is 0 Å². The largest absolute Gasteiger partial charge is 0.396 e. The predicted octanol–water partition coefficient (Wildman–Crippen LogP) is 0.610. The molecule has 0 aliphatic heterocycles. The van der Waals surface area contributed by atoms with Crippen LogP contribution in [0.5, 0.6) is 0 Å². The normalized spacial score (nSPS) is 37.7. The van der Waals surface area contributed by atoms with Crippen LogP contribution in [0.25, 0.3) is 0 Å². The average molecular weight is 256 g/mol. The highest BCUT2D eigenvalue weighted by molar-refractivity contribution is 5.08. The van der Waals surface area contributed by atoms with Gasteiger partial charge in [-0.15, -0.1) is 0 Å². The monoisotopic (exact) mass is 256 g/mol. The van der Waals surface area contributed by atoms with Gasteiger partial charge in [-0.2, -0.15) is 0 Å². The Labute approximate surface area is 108 Å². The minimum Gasteiger partial charge on any atom is -0.396 e. The first-order valence-corrected chi connectivity index (χ1v) is 6.60. The number of unbranched alkanes of at least 4 members (excludes halogenated alkanes) is 1. The Morgan fingerprint density at radius 2 is 1.83 bits per heavy atom. The van der Waals surface area contributed by atoms with E-state index in [2.05, 4.69) is 13.0 Å². The molecule has 4 N–H and O–H groups in total. The summed E-state index contributed by atoms with van der Waals surface area (Å²) in [5.41, 5.74) is 0. The third-order valence-corrected chi connectivity index (χ3v) is 3.52. The van der Waals surface area contributed by atoms with Gasteiger partial charge in [-0.1, -0.05) is 37.6 Å². The molecule has 0 aromatic rings. The molecule has 0 bridgehead atoms. The Hall–Kier alpha value is -0.680. The van der Waals surface area contributed by atoms with Crippen molar-refractivity contribution in [2.75, 3.05) is 6.61 Å². The van der Waals surface area contributed by atoms with E-state index >= 15 is 0 Å². The second kappa shape index (κ2) is 7.69. The number of hydrogen-bond donors (Lipinski definition) is 4. The van der Waals surface area contributed by atoms with Crippen LogP contribution in [0.1, 0.15) is 26.2 Å². The molecule has 18 heavy (non-hydrogen) atoms. The highest BCUT2D eigenvalue weighted by atomic mass is 16.4. The van der Waals surface area contributed by atoms with Crippen LogP contribution in [0.3, 0.4) is 0 Å². The Bertz CT molecular complexity index is 288. The zero-order valence-electron chi connectivity index (χ0n) is 10.8.